The summed E-state index contributed by atoms with van der Waals surface area (Å²) in [5.74, 6) is 1.00. The van der Waals surface area contributed by atoms with Crippen molar-refractivity contribution in [2.45, 2.75) is 31.2 Å². The molecule has 0 saturated heterocycles. The summed E-state index contributed by atoms with van der Waals surface area (Å²) in [5.41, 5.74) is 2.13. The van der Waals surface area contributed by atoms with Crippen LogP contribution in [0.15, 0.2) is 52.4 Å². The van der Waals surface area contributed by atoms with E-state index in [1.165, 1.54) is 31.0 Å². The molecule has 1 saturated carbocycles. The largest absolute Gasteiger partial charge is 0.493 e. The van der Waals surface area contributed by atoms with Crippen LogP contribution in [0.3, 0.4) is 0 Å². The molecule has 2 aromatic carbocycles. The molecule has 1 aliphatic rings. The average molecular weight is 434 g/mol. The third kappa shape index (κ3) is 6.19. The molecule has 0 aromatic heterocycles. The van der Waals surface area contributed by atoms with E-state index in [0.29, 0.717) is 18.4 Å². The summed E-state index contributed by atoms with van der Waals surface area (Å²) in [7, 11) is -2.11. The highest BCUT2D eigenvalue weighted by Gasteiger charge is 2.22. The SMILES string of the molecule is CN=C(NCCS(=O)(=O)c1ccccc1F)NCc1ccc(C)cc1OCC1CC1. The lowest BCUT2D eigenvalue weighted by molar-refractivity contribution is 0.296. The molecule has 3 rings (SSSR count). The van der Waals surface area contributed by atoms with E-state index >= 15 is 0 Å². The second-order valence-electron chi connectivity index (χ2n) is 7.47. The average Bonchev–Trinajstić information content (AvgIpc) is 3.54. The molecular weight excluding hydrogens is 405 g/mol. The molecule has 2 aromatic rings. The van der Waals surface area contributed by atoms with Crippen molar-refractivity contribution in [1.29, 1.82) is 0 Å². The summed E-state index contributed by atoms with van der Waals surface area (Å²) in [5, 5.41) is 6.15. The van der Waals surface area contributed by atoms with Crippen molar-refractivity contribution in [1.82, 2.24) is 10.6 Å². The van der Waals surface area contributed by atoms with Crippen LogP contribution < -0.4 is 15.4 Å². The summed E-state index contributed by atoms with van der Waals surface area (Å²) in [6.07, 6.45) is 2.46. The normalized spacial score (nSPS) is 14.4. The first kappa shape index (κ1) is 22.1. The van der Waals surface area contributed by atoms with Gasteiger partial charge >= 0.3 is 0 Å². The standard InChI is InChI=1S/C22H28FN3O3S/c1-16-7-10-18(20(13-16)29-15-17-8-9-17)14-26-22(24-2)25-11-12-30(27,28)21-6-4-3-5-19(21)23/h3-7,10,13,17H,8-9,11-12,14-15H2,1-2H3,(H2,24,25,26). The van der Waals surface area contributed by atoms with Crippen molar-refractivity contribution in [3.8, 4) is 5.75 Å². The molecule has 8 heteroatoms. The molecule has 30 heavy (non-hydrogen) atoms. The zero-order valence-electron chi connectivity index (χ0n) is 17.3. The van der Waals surface area contributed by atoms with E-state index < -0.39 is 15.7 Å². The van der Waals surface area contributed by atoms with Gasteiger partial charge in [-0.25, -0.2) is 12.8 Å². The van der Waals surface area contributed by atoms with Crippen molar-refractivity contribution in [3.63, 3.8) is 0 Å². The maximum atomic E-state index is 13.8. The molecule has 1 fully saturated rings. The maximum absolute atomic E-state index is 13.8. The Labute approximate surface area is 177 Å². The van der Waals surface area contributed by atoms with E-state index in [9.17, 15) is 12.8 Å². The Morgan fingerprint density at radius 1 is 1.20 bits per heavy atom. The molecule has 0 bridgehead atoms. The van der Waals surface area contributed by atoms with Crippen LogP contribution >= 0.6 is 0 Å². The highest BCUT2D eigenvalue weighted by Crippen LogP contribution is 2.30. The molecular formula is C22H28FN3O3S. The van der Waals surface area contributed by atoms with Gasteiger partial charge in [0.25, 0.3) is 0 Å². The lowest BCUT2D eigenvalue weighted by Crippen LogP contribution is -2.39. The van der Waals surface area contributed by atoms with Crippen molar-refractivity contribution in [2.24, 2.45) is 10.9 Å². The Morgan fingerprint density at radius 3 is 2.67 bits per heavy atom. The number of benzene rings is 2. The Hall–Kier alpha value is -2.61. The Morgan fingerprint density at radius 2 is 1.97 bits per heavy atom. The molecule has 0 radical (unpaired) electrons. The third-order valence-electron chi connectivity index (χ3n) is 4.90. The number of halogens is 1. The lowest BCUT2D eigenvalue weighted by Gasteiger charge is -2.15. The van der Waals surface area contributed by atoms with Gasteiger partial charge in [-0.1, -0.05) is 24.3 Å². The van der Waals surface area contributed by atoms with Gasteiger partial charge in [-0.3, -0.25) is 4.99 Å². The van der Waals surface area contributed by atoms with Crippen LogP contribution in [0.25, 0.3) is 0 Å². The van der Waals surface area contributed by atoms with Crippen LogP contribution in [0.1, 0.15) is 24.0 Å². The summed E-state index contributed by atoms with van der Waals surface area (Å²) in [6, 6.07) is 11.5. The molecule has 162 valence electrons. The van der Waals surface area contributed by atoms with E-state index in [-0.39, 0.29) is 17.2 Å². The zero-order valence-corrected chi connectivity index (χ0v) is 18.1. The topological polar surface area (TPSA) is 79.8 Å². The molecule has 0 aliphatic heterocycles. The van der Waals surface area contributed by atoms with E-state index in [1.807, 2.05) is 25.1 Å². The first-order valence-corrected chi connectivity index (χ1v) is 11.7. The molecule has 1 aliphatic carbocycles. The van der Waals surface area contributed by atoms with Crippen LogP contribution in [0, 0.1) is 18.7 Å². The molecule has 0 amide bonds. The van der Waals surface area contributed by atoms with Crippen molar-refractivity contribution in [3.05, 3.63) is 59.4 Å². The Balaban J connectivity index is 1.53. The minimum atomic E-state index is -3.72. The monoisotopic (exact) mass is 433 g/mol. The number of sulfone groups is 1. The zero-order chi connectivity index (χ0) is 21.6. The quantitative estimate of drug-likeness (QED) is 0.469. The lowest BCUT2D eigenvalue weighted by atomic mass is 10.1. The highest BCUT2D eigenvalue weighted by molar-refractivity contribution is 7.91. The number of guanidine groups is 1. The molecule has 0 heterocycles. The van der Waals surface area contributed by atoms with Crippen LogP contribution in [-0.4, -0.2) is 40.3 Å². The number of nitrogens with one attached hydrogen (secondary N) is 2. The third-order valence-corrected chi connectivity index (χ3v) is 6.64. The highest BCUT2D eigenvalue weighted by atomic mass is 32.2. The number of ether oxygens (including phenoxy) is 1. The summed E-state index contributed by atoms with van der Waals surface area (Å²) in [6.45, 7) is 3.35. The first-order valence-electron chi connectivity index (χ1n) is 10.0. The van der Waals surface area contributed by atoms with Gasteiger partial charge in [0.1, 0.15) is 16.5 Å². The van der Waals surface area contributed by atoms with Gasteiger partial charge in [-0.05, 0) is 49.4 Å². The predicted octanol–water partition coefficient (Wildman–Crippen LogP) is 3.06. The maximum Gasteiger partial charge on any atom is 0.191 e. The van der Waals surface area contributed by atoms with Crippen LogP contribution in [-0.2, 0) is 16.4 Å². The number of aliphatic imine (C=N–C) groups is 1. The second kappa shape index (κ2) is 9.93. The van der Waals surface area contributed by atoms with Gasteiger partial charge < -0.3 is 15.4 Å². The number of nitrogens with zero attached hydrogens (tertiary/aromatic N) is 1. The molecule has 0 unspecified atom stereocenters. The van der Waals surface area contributed by atoms with Gasteiger partial charge in [-0.15, -0.1) is 0 Å². The summed E-state index contributed by atoms with van der Waals surface area (Å²) in [4.78, 5) is 3.84. The van der Waals surface area contributed by atoms with E-state index in [2.05, 4.69) is 15.6 Å². The van der Waals surface area contributed by atoms with Crippen molar-refractivity contribution < 1.29 is 17.5 Å². The van der Waals surface area contributed by atoms with E-state index in [0.717, 1.165) is 29.5 Å². The Kier molecular flexibility index (Phi) is 7.31. The number of aryl methyl sites for hydroxylation is 1. The molecule has 0 spiro atoms. The van der Waals surface area contributed by atoms with Gasteiger partial charge in [0, 0.05) is 25.7 Å². The summed E-state index contributed by atoms with van der Waals surface area (Å²) < 4.78 is 44.5. The minimum absolute atomic E-state index is 0.106. The molecule has 6 nitrogen and oxygen atoms in total. The predicted molar refractivity (Wildman–Crippen MR) is 116 cm³/mol. The van der Waals surface area contributed by atoms with Crippen molar-refractivity contribution in [2.75, 3.05) is 26.0 Å². The second-order valence-corrected chi connectivity index (χ2v) is 9.54. The van der Waals surface area contributed by atoms with Crippen LogP contribution in [0.4, 0.5) is 4.39 Å². The summed E-state index contributed by atoms with van der Waals surface area (Å²) >= 11 is 0. The fourth-order valence-corrected chi connectivity index (χ4v) is 4.19. The number of hydrogen-bond donors (Lipinski definition) is 2. The van der Waals surface area contributed by atoms with E-state index in [1.54, 1.807) is 7.05 Å². The van der Waals surface area contributed by atoms with Crippen molar-refractivity contribution >= 4 is 15.8 Å². The minimum Gasteiger partial charge on any atom is -0.493 e. The van der Waals surface area contributed by atoms with Gasteiger partial charge in [-0.2, -0.15) is 0 Å². The van der Waals surface area contributed by atoms with Gasteiger partial charge in [0.05, 0.1) is 12.4 Å². The molecule has 0 atom stereocenters. The first-order chi connectivity index (χ1) is 14.4. The fourth-order valence-electron chi connectivity index (χ4n) is 2.94. The smallest absolute Gasteiger partial charge is 0.191 e. The number of hydrogen-bond acceptors (Lipinski definition) is 4. The van der Waals surface area contributed by atoms with Gasteiger partial charge in [0.15, 0.2) is 15.8 Å². The van der Waals surface area contributed by atoms with Crippen LogP contribution in [0.2, 0.25) is 0 Å². The van der Waals surface area contributed by atoms with Gasteiger partial charge in [0.2, 0.25) is 0 Å². The Bertz CT molecular complexity index is 1000. The van der Waals surface area contributed by atoms with Crippen LogP contribution in [0.5, 0.6) is 5.75 Å². The van der Waals surface area contributed by atoms with E-state index in [4.69, 9.17) is 4.74 Å². The number of rotatable bonds is 9. The molecule has 2 N–H and O–H groups in total. The fraction of sp³-hybridized carbons (Fsp3) is 0.409.